The number of fused-ring (bicyclic) bond motifs is 1. The lowest BCUT2D eigenvalue weighted by molar-refractivity contribution is -0.131. The molecule has 0 N–H and O–H groups in total. The molecule has 0 aliphatic carbocycles. The second kappa shape index (κ2) is 6.26. The van der Waals surface area contributed by atoms with Gasteiger partial charge in [0, 0.05) is 25.5 Å². The van der Waals surface area contributed by atoms with Crippen LogP contribution in [0, 0.1) is 0 Å². The first-order valence-corrected chi connectivity index (χ1v) is 7.91. The standard InChI is InChI=1S/C16H17N3OS/c1-12(21-16-17-8-4-9-18-16)15(20)19-10-7-13-5-2-3-6-14(13)11-19/h2-6,8-9,12H,7,10-11H2,1H3/t12-/m1/s1. The van der Waals surface area contributed by atoms with Crippen LogP contribution in [0.15, 0.2) is 47.9 Å². The van der Waals surface area contributed by atoms with E-state index in [-0.39, 0.29) is 11.2 Å². The average molecular weight is 299 g/mol. The van der Waals surface area contributed by atoms with Crippen LogP contribution < -0.4 is 0 Å². The average Bonchev–Trinajstić information content (AvgIpc) is 2.54. The Kier molecular flexibility index (Phi) is 4.20. The Bertz CT molecular complexity index is 632. The number of thioether (sulfide) groups is 1. The molecular weight excluding hydrogens is 282 g/mol. The van der Waals surface area contributed by atoms with Crippen molar-refractivity contribution in [2.75, 3.05) is 6.54 Å². The predicted octanol–water partition coefficient (Wildman–Crippen LogP) is 2.54. The summed E-state index contributed by atoms with van der Waals surface area (Å²) in [5, 5.41) is 0.480. The van der Waals surface area contributed by atoms with Crippen LogP contribution in [0.5, 0.6) is 0 Å². The molecule has 1 amide bonds. The zero-order valence-electron chi connectivity index (χ0n) is 11.9. The van der Waals surface area contributed by atoms with Gasteiger partial charge in [0.15, 0.2) is 5.16 Å². The quantitative estimate of drug-likeness (QED) is 0.645. The van der Waals surface area contributed by atoms with Gasteiger partial charge in [-0.3, -0.25) is 4.79 Å². The number of rotatable bonds is 3. The maximum absolute atomic E-state index is 12.6. The molecule has 21 heavy (non-hydrogen) atoms. The SMILES string of the molecule is C[C@@H](Sc1ncccn1)C(=O)N1CCc2ccccc2C1. The van der Waals surface area contributed by atoms with E-state index in [0.717, 1.165) is 13.0 Å². The van der Waals surface area contributed by atoms with E-state index in [4.69, 9.17) is 0 Å². The molecular formula is C16H17N3OS. The fourth-order valence-corrected chi connectivity index (χ4v) is 3.31. The Morgan fingerprint density at radius 3 is 2.67 bits per heavy atom. The predicted molar refractivity (Wildman–Crippen MR) is 82.9 cm³/mol. The van der Waals surface area contributed by atoms with Gasteiger partial charge >= 0.3 is 0 Å². The van der Waals surface area contributed by atoms with Gasteiger partial charge in [0.05, 0.1) is 5.25 Å². The highest BCUT2D eigenvalue weighted by Gasteiger charge is 2.25. The number of amides is 1. The number of benzene rings is 1. The van der Waals surface area contributed by atoms with Crippen LogP contribution in [0.2, 0.25) is 0 Å². The molecule has 4 nitrogen and oxygen atoms in total. The molecule has 1 aromatic carbocycles. The molecule has 3 rings (SSSR count). The van der Waals surface area contributed by atoms with E-state index >= 15 is 0 Å². The number of aromatic nitrogens is 2. The second-order valence-corrected chi connectivity index (χ2v) is 6.38. The van der Waals surface area contributed by atoms with Crippen LogP contribution in [0.4, 0.5) is 0 Å². The van der Waals surface area contributed by atoms with Crippen molar-refractivity contribution < 1.29 is 4.79 Å². The summed E-state index contributed by atoms with van der Waals surface area (Å²) in [5.74, 6) is 0.155. The van der Waals surface area contributed by atoms with Crippen LogP contribution in [0.3, 0.4) is 0 Å². The van der Waals surface area contributed by atoms with Crippen LogP contribution in [0.25, 0.3) is 0 Å². The molecule has 0 radical (unpaired) electrons. The minimum Gasteiger partial charge on any atom is -0.337 e. The van der Waals surface area contributed by atoms with Crippen molar-refractivity contribution in [2.24, 2.45) is 0 Å². The van der Waals surface area contributed by atoms with Gasteiger partial charge in [0.1, 0.15) is 0 Å². The summed E-state index contributed by atoms with van der Waals surface area (Å²) < 4.78 is 0. The van der Waals surface area contributed by atoms with Crippen LogP contribution in [-0.2, 0) is 17.8 Å². The van der Waals surface area contributed by atoms with Crippen LogP contribution in [-0.4, -0.2) is 32.6 Å². The van der Waals surface area contributed by atoms with E-state index < -0.39 is 0 Å². The zero-order chi connectivity index (χ0) is 14.7. The summed E-state index contributed by atoms with van der Waals surface area (Å²) in [6.45, 7) is 3.41. The first-order valence-electron chi connectivity index (χ1n) is 7.03. The minimum absolute atomic E-state index is 0.155. The van der Waals surface area contributed by atoms with Crippen molar-refractivity contribution in [3.05, 3.63) is 53.9 Å². The maximum Gasteiger partial charge on any atom is 0.236 e. The fourth-order valence-electron chi connectivity index (χ4n) is 2.50. The van der Waals surface area contributed by atoms with Crippen molar-refractivity contribution in [3.8, 4) is 0 Å². The number of hydrogen-bond acceptors (Lipinski definition) is 4. The lowest BCUT2D eigenvalue weighted by Gasteiger charge is -2.30. The molecule has 0 spiro atoms. The summed E-state index contributed by atoms with van der Waals surface area (Å²) in [6, 6.07) is 10.1. The molecule has 5 heteroatoms. The van der Waals surface area contributed by atoms with Crippen LogP contribution >= 0.6 is 11.8 Å². The highest BCUT2D eigenvalue weighted by molar-refractivity contribution is 8.00. The molecule has 1 aromatic heterocycles. The van der Waals surface area contributed by atoms with Crippen molar-refractivity contribution in [3.63, 3.8) is 0 Å². The van der Waals surface area contributed by atoms with E-state index in [0.29, 0.717) is 11.7 Å². The Morgan fingerprint density at radius 2 is 1.90 bits per heavy atom. The molecule has 108 valence electrons. The third kappa shape index (κ3) is 3.24. The number of nitrogens with zero attached hydrogens (tertiary/aromatic N) is 3. The summed E-state index contributed by atoms with van der Waals surface area (Å²) in [6.07, 6.45) is 4.33. The largest absolute Gasteiger partial charge is 0.337 e. The number of carbonyl (C=O) groups excluding carboxylic acids is 1. The minimum atomic E-state index is -0.169. The Hall–Kier alpha value is -1.88. The topological polar surface area (TPSA) is 46.1 Å². The first-order chi connectivity index (χ1) is 10.2. The molecule has 2 heterocycles. The number of hydrogen-bond donors (Lipinski definition) is 0. The van der Waals surface area contributed by atoms with Gasteiger partial charge < -0.3 is 4.90 Å². The molecule has 1 aliphatic heterocycles. The van der Waals surface area contributed by atoms with Gasteiger partial charge in [0.2, 0.25) is 5.91 Å². The van der Waals surface area contributed by atoms with Crippen molar-refractivity contribution in [1.82, 2.24) is 14.9 Å². The summed E-state index contributed by atoms with van der Waals surface area (Å²) in [7, 11) is 0. The van der Waals surface area contributed by atoms with Crippen LogP contribution in [0.1, 0.15) is 18.1 Å². The van der Waals surface area contributed by atoms with Crippen molar-refractivity contribution in [1.29, 1.82) is 0 Å². The van der Waals surface area contributed by atoms with Gasteiger partial charge in [-0.1, -0.05) is 36.0 Å². The van der Waals surface area contributed by atoms with Gasteiger partial charge in [-0.25, -0.2) is 9.97 Å². The van der Waals surface area contributed by atoms with Gasteiger partial charge in [0.25, 0.3) is 0 Å². The third-order valence-electron chi connectivity index (χ3n) is 3.61. The monoisotopic (exact) mass is 299 g/mol. The molecule has 2 aromatic rings. The first kappa shape index (κ1) is 14.1. The van der Waals surface area contributed by atoms with E-state index in [2.05, 4.69) is 28.2 Å². The molecule has 1 aliphatic rings. The Balaban J connectivity index is 1.66. The smallest absolute Gasteiger partial charge is 0.236 e. The van der Waals surface area contributed by atoms with Gasteiger partial charge in [-0.2, -0.15) is 0 Å². The maximum atomic E-state index is 12.6. The zero-order valence-corrected chi connectivity index (χ0v) is 12.7. The highest BCUT2D eigenvalue weighted by atomic mass is 32.2. The van der Waals surface area contributed by atoms with E-state index in [1.807, 2.05) is 17.9 Å². The van der Waals surface area contributed by atoms with E-state index in [9.17, 15) is 4.79 Å². The van der Waals surface area contributed by atoms with Gasteiger partial charge in [-0.15, -0.1) is 0 Å². The van der Waals surface area contributed by atoms with E-state index in [1.54, 1.807) is 18.5 Å². The summed E-state index contributed by atoms with van der Waals surface area (Å²) in [4.78, 5) is 22.8. The van der Waals surface area contributed by atoms with Gasteiger partial charge in [-0.05, 0) is 30.5 Å². The summed E-state index contributed by atoms with van der Waals surface area (Å²) in [5.41, 5.74) is 2.61. The highest BCUT2D eigenvalue weighted by Crippen LogP contribution is 2.24. The lowest BCUT2D eigenvalue weighted by Crippen LogP contribution is -2.40. The molecule has 0 saturated heterocycles. The van der Waals surface area contributed by atoms with Crippen molar-refractivity contribution >= 4 is 17.7 Å². The molecule has 0 fully saturated rings. The fraction of sp³-hybridized carbons (Fsp3) is 0.312. The molecule has 1 atom stereocenters. The molecule has 0 bridgehead atoms. The molecule has 0 saturated carbocycles. The second-order valence-electron chi connectivity index (χ2n) is 5.07. The third-order valence-corrected chi connectivity index (χ3v) is 4.59. The molecule has 0 unspecified atom stereocenters. The number of carbonyl (C=O) groups is 1. The Labute approximate surface area is 128 Å². The van der Waals surface area contributed by atoms with Crippen molar-refractivity contribution in [2.45, 2.75) is 30.3 Å². The normalized spacial score (nSPS) is 15.4. The Morgan fingerprint density at radius 1 is 1.19 bits per heavy atom. The van der Waals surface area contributed by atoms with E-state index in [1.165, 1.54) is 22.9 Å². The summed E-state index contributed by atoms with van der Waals surface area (Å²) >= 11 is 1.41. The lowest BCUT2D eigenvalue weighted by atomic mass is 10.00.